The Balaban J connectivity index is 0.000000169. The number of carbonyl (C=O) groups excluding carboxylic acids is 2. The zero-order valence-corrected chi connectivity index (χ0v) is 33.1. The number of aryl methyl sites for hydroxylation is 1. The molecule has 55 heavy (non-hydrogen) atoms. The number of ketones is 2. The van der Waals surface area contributed by atoms with Gasteiger partial charge in [-0.15, -0.1) is 0 Å². The Labute approximate surface area is 324 Å². The Morgan fingerprint density at radius 3 is 1.67 bits per heavy atom. The van der Waals surface area contributed by atoms with E-state index >= 15 is 0 Å². The largest absolute Gasteiger partial charge is 0.356 e. The molecule has 8 heteroatoms. The van der Waals surface area contributed by atoms with Crippen LogP contribution in [-0.2, 0) is 19.3 Å². The summed E-state index contributed by atoms with van der Waals surface area (Å²) in [5, 5.41) is 7.14. The van der Waals surface area contributed by atoms with Crippen LogP contribution in [0.1, 0.15) is 110 Å². The number of anilines is 4. The van der Waals surface area contributed by atoms with Crippen LogP contribution in [0.4, 0.5) is 22.7 Å². The van der Waals surface area contributed by atoms with Crippen molar-refractivity contribution in [3.05, 3.63) is 131 Å². The fraction of sp³-hybridized carbons (Fsp3) is 0.319. The fourth-order valence-corrected chi connectivity index (χ4v) is 8.04. The third-order valence-corrected chi connectivity index (χ3v) is 10.7. The predicted octanol–water partition coefficient (Wildman–Crippen LogP) is 11.6. The summed E-state index contributed by atoms with van der Waals surface area (Å²) in [7, 11) is 0. The molecule has 2 aliphatic rings. The first-order chi connectivity index (χ1) is 26.3. The van der Waals surface area contributed by atoms with E-state index in [0.717, 1.165) is 87.0 Å². The minimum atomic E-state index is -0.0285. The van der Waals surface area contributed by atoms with Crippen LogP contribution in [0.2, 0.25) is 0 Å². The molecule has 6 aromatic rings. The Morgan fingerprint density at radius 1 is 0.655 bits per heavy atom. The number of hydrogen-bond donors (Lipinski definition) is 4. The Morgan fingerprint density at radius 2 is 1.16 bits per heavy atom. The number of aromatic nitrogens is 4. The zero-order valence-electron chi connectivity index (χ0n) is 33.1. The van der Waals surface area contributed by atoms with Crippen molar-refractivity contribution in [2.75, 3.05) is 10.6 Å². The van der Waals surface area contributed by atoms with Crippen LogP contribution in [0.3, 0.4) is 0 Å². The molecule has 8 rings (SSSR count). The number of nitrogens with one attached hydrogen (secondary N) is 4. The van der Waals surface area contributed by atoms with E-state index in [0.29, 0.717) is 18.8 Å². The quantitative estimate of drug-likeness (QED) is 0.124. The lowest BCUT2D eigenvalue weighted by Gasteiger charge is -2.28. The molecular formula is C47H52N6O2. The van der Waals surface area contributed by atoms with Crippen molar-refractivity contribution in [3.8, 4) is 22.5 Å². The van der Waals surface area contributed by atoms with Gasteiger partial charge in [0.05, 0.1) is 33.9 Å². The van der Waals surface area contributed by atoms with E-state index in [1.54, 1.807) is 24.8 Å². The molecule has 0 aliphatic heterocycles. The maximum Gasteiger partial charge on any atom is 0.167 e. The summed E-state index contributed by atoms with van der Waals surface area (Å²) in [5.41, 5.74) is 13.9. The molecule has 0 atom stereocenters. The van der Waals surface area contributed by atoms with Crippen molar-refractivity contribution >= 4 is 34.3 Å². The van der Waals surface area contributed by atoms with Gasteiger partial charge in [-0.3, -0.25) is 19.6 Å². The second-order valence-corrected chi connectivity index (χ2v) is 16.9. The monoisotopic (exact) mass is 732 g/mol. The third-order valence-electron chi connectivity index (χ3n) is 10.7. The first kappa shape index (κ1) is 37.6. The van der Waals surface area contributed by atoms with E-state index in [9.17, 15) is 9.59 Å². The van der Waals surface area contributed by atoms with Gasteiger partial charge in [0, 0.05) is 71.5 Å². The number of nitrogens with zero attached hydrogens (tertiary/aromatic N) is 2. The molecule has 2 aromatic carbocycles. The summed E-state index contributed by atoms with van der Waals surface area (Å²) in [5.74, 6) is 0.851. The standard InChI is InChI=1S/C24H27N3O.C23H25N3O/c1-15(2)17-6-5-7-18(12-17)26-23-21-19(13-24(3,4)14-20(21)28)27-22(23)16-8-10-25-11-9-16;1-4-15-7-5-6-8-17(15)25-22-20-18(13-23(2,3)14-19(20)27)26-21(22)16-9-11-24-12-10-16/h5-12,15,26-27H,13-14H2,1-4H3;5-12,25-26H,4,13-14H2,1-3H3. The molecule has 0 spiro atoms. The summed E-state index contributed by atoms with van der Waals surface area (Å²) in [6.07, 6.45) is 10.9. The summed E-state index contributed by atoms with van der Waals surface area (Å²) in [6, 6.07) is 24.6. The Kier molecular flexibility index (Phi) is 10.4. The number of aromatic amines is 2. The molecule has 0 fully saturated rings. The number of benzene rings is 2. The zero-order chi connectivity index (χ0) is 38.9. The highest BCUT2D eigenvalue weighted by Gasteiger charge is 2.37. The maximum absolute atomic E-state index is 13.1. The minimum absolute atomic E-state index is 0.0248. The van der Waals surface area contributed by atoms with Crippen LogP contribution in [0.5, 0.6) is 0 Å². The van der Waals surface area contributed by atoms with E-state index in [4.69, 9.17) is 0 Å². The highest BCUT2D eigenvalue weighted by molar-refractivity contribution is 6.08. The van der Waals surface area contributed by atoms with Crippen LogP contribution >= 0.6 is 0 Å². The van der Waals surface area contributed by atoms with Crippen LogP contribution in [-0.4, -0.2) is 31.5 Å². The van der Waals surface area contributed by atoms with Crippen molar-refractivity contribution in [2.45, 2.75) is 86.5 Å². The van der Waals surface area contributed by atoms with E-state index < -0.39 is 0 Å². The molecule has 0 bridgehead atoms. The molecular weight excluding hydrogens is 681 g/mol. The van der Waals surface area contributed by atoms with Gasteiger partial charge in [-0.05, 0) is 89.6 Å². The van der Waals surface area contributed by atoms with Crippen LogP contribution in [0.15, 0.2) is 97.6 Å². The Hall–Kier alpha value is -5.76. The van der Waals surface area contributed by atoms with Gasteiger partial charge in [0.15, 0.2) is 11.6 Å². The summed E-state index contributed by atoms with van der Waals surface area (Å²) in [4.78, 5) is 41.5. The smallest absolute Gasteiger partial charge is 0.167 e. The average molecular weight is 733 g/mol. The molecule has 282 valence electrons. The van der Waals surface area contributed by atoms with Crippen molar-refractivity contribution in [1.82, 2.24) is 19.9 Å². The van der Waals surface area contributed by atoms with E-state index in [1.165, 1.54) is 11.1 Å². The molecule has 4 heterocycles. The first-order valence-electron chi connectivity index (χ1n) is 19.4. The molecule has 8 nitrogen and oxygen atoms in total. The van der Waals surface area contributed by atoms with Crippen molar-refractivity contribution < 1.29 is 9.59 Å². The van der Waals surface area contributed by atoms with Gasteiger partial charge in [0.2, 0.25) is 0 Å². The molecule has 4 N–H and O–H groups in total. The molecule has 0 saturated carbocycles. The van der Waals surface area contributed by atoms with Gasteiger partial charge < -0.3 is 20.6 Å². The number of rotatable bonds is 8. The molecule has 2 aliphatic carbocycles. The number of carbonyl (C=O) groups is 2. The lowest BCUT2D eigenvalue weighted by molar-refractivity contribution is 0.0903. The van der Waals surface area contributed by atoms with Gasteiger partial charge in [-0.25, -0.2) is 0 Å². The topological polar surface area (TPSA) is 116 Å². The highest BCUT2D eigenvalue weighted by Crippen LogP contribution is 2.45. The van der Waals surface area contributed by atoms with E-state index in [2.05, 4.69) is 115 Å². The van der Waals surface area contributed by atoms with Gasteiger partial charge >= 0.3 is 0 Å². The second-order valence-electron chi connectivity index (χ2n) is 16.9. The Bertz CT molecular complexity index is 2330. The summed E-state index contributed by atoms with van der Waals surface area (Å²) < 4.78 is 0. The predicted molar refractivity (Wildman–Crippen MR) is 224 cm³/mol. The van der Waals surface area contributed by atoms with E-state index in [1.807, 2.05) is 36.4 Å². The second kappa shape index (κ2) is 15.2. The SMILES string of the molecule is CC(C)c1cccc(Nc2c(-c3ccncc3)[nH]c3c2C(=O)CC(C)(C)C3)c1.CCc1ccccc1Nc1c(-c2ccncc2)[nH]c2c1C(=O)CC(C)(C)C2. The number of fused-ring (bicyclic) bond motifs is 2. The van der Waals surface area contributed by atoms with E-state index in [-0.39, 0.29) is 22.4 Å². The molecule has 0 radical (unpaired) electrons. The number of pyridine rings is 2. The molecule has 4 aromatic heterocycles. The van der Waals surface area contributed by atoms with Crippen molar-refractivity contribution in [2.24, 2.45) is 10.8 Å². The molecule has 0 amide bonds. The maximum atomic E-state index is 13.1. The van der Waals surface area contributed by atoms with Crippen molar-refractivity contribution in [3.63, 3.8) is 0 Å². The van der Waals surface area contributed by atoms with Crippen LogP contribution in [0, 0.1) is 10.8 Å². The molecule has 0 saturated heterocycles. The number of hydrogen-bond acceptors (Lipinski definition) is 6. The number of Topliss-reactive ketones (excluding diaryl/α,β-unsaturated/α-hetero) is 2. The lowest BCUT2D eigenvalue weighted by atomic mass is 9.76. The minimum Gasteiger partial charge on any atom is -0.356 e. The third kappa shape index (κ3) is 8.04. The normalized spacial score (nSPS) is 15.5. The molecule has 0 unspecified atom stereocenters. The van der Waals surface area contributed by atoms with Crippen LogP contribution < -0.4 is 10.6 Å². The van der Waals surface area contributed by atoms with Crippen molar-refractivity contribution in [1.29, 1.82) is 0 Å². The van der Waals surface area contributed by atoms with Gasteiger partial charge in [0.1, 0.15) is 0 Å². The van der Waals surface area contributed by atoms with Gasteiger partial charge in [-0.2, -0.15) is 0 Å². The lowest BCUT2D eigenvalue weighted by Crippen LogP contribution is -2.26. The van der Waals surface area contributed by atoms with Crippen LogP contribution in [0.25, 0.3) is 22.5 Å². The fourth-order valence-electron chi connectivity index (χ4n) is 8.04. The average Bonchev–Trinajstić information content (AvgIpc) is 3.69. The highest BCUT2D eigenvalue weighted by atomic mass is 16.1. The summed E-state index contributed by atoms with van der Waals surface area (Å²) >= 11 is 0. The van der Waals surface area contributed by atoms with Gasteiger partial charge in [0.25, 0.3) is 0 Å². The van der Waals surface area contributed by atoms with Gasteiger partial charge in [-0.1, -0.05) is 78.8 Å². The number of para-hydroxylation sites is 1. The number of H-pyrrole nitrogens is 2. The summed E-state index contributed by atoms with van der Waals surface area (Å²) in [6.45, 7) is 15.1. The first-order valence-corrected chi connectivity index (χ1v) is 19.4.